The van der Waals surface area contributed by atoms with Crippen LogP contribution in [0.2, 0.25) is 0 Å². The minimum atomic E-state index is -0.363. The minimum Gasteiger partial charge on any atom is -0.497 e. The highest BCUT2D eigenvalue weighted by Crippen LogP contribution is 2.31. The Balaban J connectivity index is 1.38. The van der Waals surface area contributed by atoms with Crippen molar-refractivity contribution >= 4 is 11.2 Å². The zero-order valence-corrected chi connectivity index (χ0v) is 19.2. The fourth-order valence-corrected chi connectivity index (χ4v) is 3.61. The second-order valence-electron chi connectivity index (χ2n) is 7.53. The molecule has 12 nitrogen and oxygen atoms in total. The summed E-state index contributed by atoms with van der Waals surface area (Å²) >= 11 is 0. The summed E-state index contributed by atoms with van der Waals surface area (Å²) in [6, 6.07) is 12.8. The minimum absolute atomic E-state index is 0.0325. The van der Waals surface area contributed by atoms with Gasteiger partial charge in [0.15, 0.2) is 22.7 Å². The largest absolute Gasteiger partial charge is 0.497 e. The number of benzene rings is 2. The number of aromatic nitrogens is 7. The smallest absolute Gasteiger partial charge is 0.283 e. The summed E-state index contributed by atoms with van der Waals surface area (Å²) in [4.78, 5) is 21.8. The maximum atomic E-state index is 13.0. The number of rotatable bonds is 8. The van der Waals surface area contributed by atoms with Crippen molar-refractivity contribution in [3.63, 3.8) is 0 Å². The summed E-state index contributed by atoms with van der Waals surface area (Å²) in [5.41, 5.74) is 1.79. The highest BCUT2D eigenvalue weighted by atomic mass is 16.5. The van der Waals surface area contributed by atoms with Crippen LogP contribution in [0.3, 0.4) is 0 Å². The molecule has 12 heteroatoms. The highest BCUT2D eigenvalue weighted by Gasteiger charge is 2.16. The van der Waals surface area contributed by atoms with Crippen LogP contribution >= 0.6 is 0 Å². The van der Waals surface area contributed by atoms with Gasteiger partial charge in [-0.25, -0.2) is 9.67 Å². The van der Waals surface area contributed by atoms with Crippen LogP contribution in [0.25, 0.3) is 22.6 Å². The van der Waals surface area contributed by atoms with Crippen LogP contribution in [-0.2, 0) is 13.1 Å². The molecule has 0 radical (unpaired) electrons. The Bertz CT molecular complexity index is 1560. The van der Waals surface area contributed by atoms with Gasteiger partial charge in [0.1, 0.15) is 18.6 Å². The fourth-order valence-electron chi connectivity index (χ4n) is 3.61. The summed E-state index contributed by atoms with van der Waals surface area (Å²) in [5.74, 6) is 2.45. The molecule has 3 aromatic heterocycles. The fraction of sp³-hybridized carbons (Fsp3) is 0.217. The van der Waals surface area contributed by atoms with E-state index in [1.54, 1.807) is 44.2 Å². The summed E-state index contributed by atoms with van der Waals surface area (Å²) in [6.45, 7) is 0.424. The van der Waals surface area contributed by atoms with Crippen molar-refractivity contribution in [1.29, 1.82) is 0 Å². The molecule has 0 unspecified atom stereocenters. The Kier molecular flexibility index (Phi) is 5.83. The third kappa shape index (κ3) is 4.28. The Hall–Kier alpha value is -4.74. The maximum absolute atomic E-state index is 13.0. The van der Waals surface area contributed by atoms with Gasteiger partial charge in [-0.05, 0) is 35.9 Å². The average Bonchev–Trinajstić information content (AvgIpc) is 3.53. The van der Waals surface area contributed by atoms with E-state index in [0.29, 0.717) is 35.1 Å². The van der Waals surface area contributed by atoms with Gasteiger partial charge < -0.3 is 18.7 Å². The highest BCUT2D eigenvalue weighted by molar-refractivity contribution is 5.67. The molecule has 0 fully saturated rings. The SMILES string of the molecule is COc1cccc(Cn2nnc3c(=O)n(Cc4nc(-c5ccc(OC)c(OC)c5)no4)cnc32)c1. The Morgan fingerprint density at radius 2 is 1.83 bits per heavy atom. The van der Waals surface area contributed by atoms with Crippen LogP contribution in [-0.4, -0.2) is 56.0 Å². The second kappa shape index (κ2) is 9.25. The zero-order valence-electron chi connectivity index (χ0n) is 19.2. The van der Waals surface area contributed by atoms with Crippen molar-refractivity contribution in [2.75, 3.05) is 21.3 Å². The Morgan fingerprint density at radius 1 is 0.971 bits per heavy atom. The van der Waals surface area contributed by atoms with Gasteiger partial charge in [0.2, 0.25) is 11.7 Å². The van der Waals surface area contributed by atoms with Crippen LogP contribution in [0.1, 0.15) is 11.5 Å². The second-order valence-corrected chi connectivity index (χ2v) is 7.53. The Labute approximate surface area is 198 Å². The van der Waals surface area contributed by atoms with Crippen molar-refractivity contribution < 1.29 is 18.7 Å². The number of hydrogen-bond donors (Lipinski definition) is 0. The van der Waals surface area contributed by atoms with Crippen molar-refractivity contribution in [3.05, 3.63) is 70.6 Å². The molecule has 0 amide bonds. The van der Waals surface area contributed by atoms with Gasteiger partial charge in [-0.2, -0.15) is 4.98 Å². The monoisotopic (exact) mass is 475 g/mol. The molecule has 0 bridgehead atoms. The number of hydrogen-bond acceptors (Lipinski definition) is 10. The van der Waals surface area contributed by atoms with Gasteiger partial charge in [-0.15, -0.1) is 5.10 Å². The van der Waals surface area contributed by atoms with Gasteiger partial charge >= 0.3 is 0 Å². The molecule has 0 saturated carbocycles. The van der Waals surface area contributed by atoms with Crippen LogP contribution in [0.4, 0.5) is 0 Å². The van der Waals surface area contributed by atoms with Crippen LogP contribution in [0.5, 0.6) is 17.2 Å². The molecule has 0 N–H and O–H groups in total. The molecule has 0 aliphatic carbocycles. The molecule has 0 aliphatic rings. The molecule has 2 aromatic carbocycles. The normalized spacial score (nSPS) is 11.1. The van der Waals surface area contributed by atoms with Crippen molar-refractivity contribution in [2.24, 2.45) is 0 Å². The van der Waals surface area contributed by atoms with Crippen LogP contribution in [0.15, 0.2) is 58.1 Å². The molecule has 35 heavy (non-hydrogen) atoms. The molecular weight excluding hydrogens is 454 g/mol. The summed E-state index contributed by atoms with van der Waals surface area (Å²) in [5, 5.41) is 12.2. The van der Waals surface area contributed by atoms with E-state index in [1.165, 1.54) is 10.9 Å². The molecule has 178 valence electrons. The van der Waals surface area contributed by atoms with Gasteiger partial charge in [-0.3, -0.25) is 9.36 Å². The molecular formula is C23H21N7O5. The predicted octanol–water partition coefficient (Wildman–Crippen LogP) is 2.16. The first-order valence-corrected chi connectivity index (χ1v) is 10.6. The first-order valence-electron chi connectivity index (χ1n) is 10.6. The number of fused-ring (bicyclic) bond motifs is 1. The van der Waals surface area contributed by atoms with Crippen LogP contribution < -0.4 is 19.8 Å². The van der Waals surface area contributed by atoms with Crippen molar-refractivity contribution in [1.82, 2.24) is 34.7 Å². The third-order valence-corrected chi connectivity index (χ3v) is 5.37. The van der Waals surface area contributed by atoms with E-state index in [1.807, 2.05) is 24.3 Å². The van der Waals surface area contributed by atoms with Gasteiger partial charge in [0.05, 0.1) is 27.9 Å². The van der Waals surface area contributed by atoms with E-state index < -0.39 is 0 Å². The van der Waals surface area contributed by atoms with Gasteiger partial charge in [0.25, 0.3) is 5.56 Å². The van der Waals surface area contributed by atoms with Gasteiger partial charge in [-0.1, -0.05) is 22.5 Å². The number of nitrogens with zero attached hydrogens (tertiary/aromatic N) is 7. The molecule has 3 heterocycles. The lowest BCUT2D eigenvalue weighted by atomic mass is 10.2. The molecule has 5 aromatic rings. The topological polar surface area (TPSA) is 132 Å². The first kappa shape index (κ1) is 22.1. The summed E-state index contributed by atoms with van der Waals surface area (Å²) < 4.78 is 24.1. The van der Waals surface area contributed by atoms with Crippen LogP contribution in [0, 0.1) is 0 Å². The van der Waals surface area contributed by atoms with E-state index in [2.05, 4.69) is 25.4 Å². The molecule has 5 rings (SSSR count). The lowest BCUT2D eigenvalue weighted by Crippen LogP contribution is -2.21. The van der Waals surface area contributed by atoms with E-state index in [9.17, 15) is 4.79 Å². The maximum Gasteiger partial charge on any atom is 0.283 e. The third-order valence-electron chi connectivity index (χ3n) is 5.37. The van der Waals surface area contributed by atoms with Crippen molar-refractivity contribution in [3.8, 4) is 28.6 Å². The quantitative estimate of drug-likeness (QED) is 0.329. The van der Waals surface area contributed by atoms with E-state index in [0.717, 1.165) is 11.3 Å². The molecule has 0 spiro atoms. The predicted molar refractivity (Wildman–Crippen MR) is 124 cm³/mol. The summed E-state index contributed by atoms with van der Waals surface area (Å²) in [7, 11) is 4.71. The number of ether oxygens (including phenoxy) is 3. The zero-order chi connectivity index (χ0) is 24.4. The lowest BCUT2D eigenvalue weighted by molar-refractivity contribution is 0.355. The van der Waals surface area contributed by atoms with E-state index in [-0.39, 0.29) is 23.5 Å². The number of methoxy groups -OCH3 is 3. The molecule has 0 atom stereocenters. The average molecular weight is 475 g/mol. The lowest BCUT2D eigenvalue weighted by Gasteiger charge is -2.07. The standard InChI is InChI=1S/C23H21N7O5/c1-32-16-6-4-5-14(9-16)11-30-22-20(26-28-30)23(31)29(13-24-22)12-19-25-21(27-35-19)15-7-8-17(33-2)18(10-15)34-3/h4-10,13H,11-12H2,1-3H3. The first-order chi connectivity index (χ1) is 17.1. The van der Waals surface area contributed by atoms with E-state index in [4.69, 9.17) is 18.7 Å². The molecule has 0 aliphatic heterocycles. The summed E-state index contributed by atoms with van der Waals surface area (Å²) in [6.07, 6.45) is 1.41. The van der Waals surface area contributed by atoms with E-state index >= 15 is 0 Å². The van der Waals surface area contributed by atoms with Crippen molar-refractivity contribution in [2.45, 2.75) is 13.1 Å². The molecule has 0 saturated heterocycles. The van der Waals surface area contributed by atoms with Gasteiger partial charge in [0, 0.05) is 5.56 Å². The Morgan fingerprint density at radius 3 is 2.63 bits per heavy atom.